The number of carbonyl (C=O) groups excluding carboxylic acids is 7. The summed E-state index contributed by atoms with van der Waals surface area (Å²) >= 11 is 0. The van der Waals surface area contributed by atoms with Gasteiger partial charge in [0.2, 0.25) is 35.4 Å². The van der Waals surface area contributed by atoms with Gasteiger partial charge in [-0.15, -0.1) is 0 Å². The minimum Gasteiger partial charge on any atom is -0.461 e. The van der Waals surface area contributed by atoms with Gasteiger partial charge >= 0.3 is 5.97 Å². The zero-order chi connectivity index (χ0) is 88.5. The van der Waals surface area contributed by atoms with Gasteiger partial charge in [-0.3, -0.25) is 38.5 Å². The first kappa shape index (κ1) is 91.7. The monoisotopic (exact) mass is 1730 g/mol. The van der Waals surface area contributed by atoms with E-state index in [-0.39, 0.29) is 124 Å². The number of hydrogen-bond acceptors (Lipinski definition) is 14. The third-order valence-electron chi connectivity index (χ3n) is 36.7. The van der Waals surface area contributed by atoms with E-state index in [1.54, 1.807) is 4.90 Å². The second kappa shape index (κ2) is 38.2. The minimum absolute atomic E-state index is 0.0492. The average Bonchev–Trinajstić information content (AvgIpc) is 1.52. The van der Waals surface area contributed by atoms with E-state index in [0.29, 0.717) is 121 Å². The van der Waals surface area contributed by atoms with Gasteiger partial charge in [-0.05, 0) is 282 Å². The Kier molecular flexibility index (Phi) is 27.8. The van der Waals surface area contributed by atoms with Gasteiger partial charge < -0.3 is 33.2 Å². The predicted molar refractivity (Wildman–Crippen MR) is 491 cm³/mol. The van der Waals surface area contributed by atoms with Crippen LogP contribution in [0.3, 0.4) is 0 Å². The zero-order valence-corrected chi connectivity index (χ0v) is 78.9. The van der Waals surface area contributed by atoms with Crippen LogP contribution in [0, 0.1) is 191 Å². The molecule has 16 aliphatic rings. The predicted octanol–water partition coefficient (Wildman–Crippen LogP) is 20.7. The number of carbonyl (C=O) groups is 7. The van der Waals surface area contributed by atoms with Crippen molar-refractivity contribution >= 4 is 58.5 Å². The first-order chi connectivity index (χ1) is 60.6. The van der Waals surface area contributed by atoms with Gasteiger partial charge in [0, 0.05) is 37.1 Å². The highest BCUT2D eigenvalue weighted by Gasteiger charge is 2.72. The van der Waals surface area contributed by atoms with Gasteiger partial charge in [0.1, 0.15) is 24.4 Å². The number of esters is 1. The summed E-state index contributed by atoms with van der Waals surface area (Å²) in [6.45, 7) is 36.9. The Morgan fingerprint density at radius 1 is 0.540 bits per heavy atom. The van der Waals surface area contributed by atoms with E-state index in [9.17, 15) is 24.0 Å². The summed E-state index contributed by atoms with van der Waals surface area (Å²) < 4.78 is 40.6. The number of aryl methyl sites for hydroxylation is 4. The molecular formula is C109H153N3O14. The van der Waals surface area contributed by atoms with E-state index < -0.39 is 29.1 Å². The number of allylic oxidation sites excluding steroid dienone is 4. The van der Waals surface area contributed by atoms with Crippen molar-refractivity contribution in [3.63, 3.8) is 0 Å². The number of unbranched alkanes of at least 4 members (excludes halogenated alkanes) is 9. The van der Waals surface area contributed by atoms with Gasteiger partial charge in [-0.1, -0.05) is 206 Å². The molecule has 0 aromatic heterocycles. The van der Waals surface area contributed by atoms with Crippen molar-refractivity contribution < 1.29 is 66.7 Å². The maximum Gasteiger partial charge on any atom is 0.312 e. The molecule has 688 valence electrons. The van der Waals surface area contributed by atoms with Crippen LogP contribution in [-0.4, -0.2) is 125 Å². The molecule has 17 heteroatoms. The van der Waals surface area contributed by atoms with Crippen molar-refractivity contribution in [2.45, 2.75) is 275 Å². The van der Waals surface area contributed by atoms with Gasteiger partial charge in [0.25, 0.3) is 0 Å². The van der Waals surface area contributed by atoms with Crippen LogP contribution < -0.4 is 14.7 Å². The third-order valence-corrected chi connectivity index (χ3v) is 36.7. The van der Waals surface area contributed by atoms with E-state index >= 15 is 9.59 Å². The van der Waals surface area contributed by atoms with Gasteiger partial charge in [0.05, 0.1) is 85.8 Å². The Hall–Kier alpha value is -6.21. The topological polar surface area (TPSA) is 204 Å². The molecule has 3 aromatic rings. The summed E-state index contributed by atoms with van der Waals surface area (Å²) in [6, 6.07) is 21.7. The molecular weight excluding hydrogens is 1580 g/mol. The van der Waals surface area contributed by atoms with E-state index in [1.165, 1.54) is 112 Å². The molecule has 6 amide bonds. The van der Waals surface area contributed by atoms with Crippen LogP contribution >= 0.6 is 0 Å². The molecule has 14 fully saturated rings. The molecule has 17 nitrogen and oxygen atoms in total. The quantitative estimate of drug-likeness (QED) is 0.0172. The average molecular weight is 1730 g/mol. The number of fused-ring (bicyclic) bond motifs is 14. The summed E-state index contributed by atoms with van der Waals surface area (Å²) in [6.07, 6.45) is 38.9. The smallest absolute Gasteiger partial charge is 0.312 e. The van der Waals surface area contributed by atoms with Crippen LogP contribution in [0.15, 0.2) is 91.0 Å². The van der Waals surface area contributed by atoms with Gasteiger partial charge in [-0.25, -0.2) is 9.80 Å². The van der Waals surface area contributed by atoms with Crippen molar-refractivity contribution in [2.24, 2.45) is 170 Å². The van der Waals surface area contributed by atoms with Crippen LogP contribution in [0.1, 0.15) is 246 Å². The molecule has 19 rings (SSSR count). The lowest BCUT2D eigenvalue weighted by atomic mass is 9.57. The molecule has 126 heavy (non-hydrogen) atoms. The second-order valence-electron chi connectivity index (χ2n) is 44.7. The summed E-state index contributed by atoms with van der Waals surface area (Å²) in [5.74, 6) is 4.83. The van der Waals surface area contributed by atoms with E-state index in [1.807, 2.05) is 89.2 Å². The molecule has 6 saturated heterocycles. The number of benzene rings is 3. The molecule has 6 heterocycles. The minimum atomic E-state index is -0.566. The van der Waals surface area contributed by atoms with Gasteiger partial charge in [-0.2, -0.15) is 0 Å². The standard InChI is InChI=1S/C46H54N2O6.C33H52O4.C30H47NO4/c1-22-13-14-36(24(3)15-22)47-43(49)26(5)38(44(47)50)40-33-17-27(16-28(33)19-53-20-29-21-54-29)39(40)42-41(37-25(4)32-18-34(37)31-11-8-10-30(31)32)45(51)48(46(42)52)35-12-7-6-9-23(35)2;1-7-12-32(5,30(34)37-28-15-21-11-13-33(28,6)31(21,3)4)29-26(14-20(2)17-35-18-22-19-36-22)25-16-27(29)24-10-8-9-23(24)25;1-4-5-6-7-8-9-10-11-12-13-14-25-15-17-26(18-16-25)31-29(32)24(3)28(30(31)33)19-23(2)20-34-21-27-22-35-27/h6-9,11-15,25-34,37-42H,10,16-21H2,1-5H3;8,10,20-29H,7,9,11-19H2,1-6H3;15-18,23-24,27-28H,4-14,19-22H2,1-3H3. The Labute approximate surface area is 753 Å². The number of rotatable bonds is 38. The fourth-order valence-electron chi connectivity index (χ4n) is 29.8. The summed E-state index contributed by atoms with van der Waals surface area (Å²) in [5, 5.41) is 0. The highest BCUT2D eigenvalue weighted by atomic mass is 16.6. The molecule has 0 spiro atoms. The Morgan fingerprint density at radius 3 is 1.72 bits per heavy atom. The fourth-order valence-corrected chi connectivity index (χ4v) is 29.8. The molecule has 6 aliphatic heterocycles. The molecule has 8 saturated carbocycles. The lowest BCUT2D eigenvalue weighted by Crippen LogP contribution is -2.49. The molecule has 0 N–H and O–H groups in total. The highest BCUT2D eigenvalue weighted by Crippen LogP contribution is 2.72. The molecule has 32 atom stereocenters. The normalized spacial score (nSPS) is 38.5. The number of hydrogen-bond donors (Lipinski definition) is 0. The Morgan fingerprint density at radius 2 is 1.11 bits per heavy atom. The molecule has 0 radical (unpaired) electrons. The van der Waals surface area contributed by atoms with E-state index in [2.05, 4.69) is 98.8 Å². The largest absolute Gasteiger partial charge is 0.461 e. The van der Waals surface area contributed by atoms with Crippen LogP contribution in [0.4, 0.5) is 17.1 Å². The first-order valence-electron chi connectivity index (χ1n) is 50.6. The van der Waals surface area contributed by atoms with Crippen LogP contribution in [-0.2, 0) is 73.1 Å². The molecule has 32 unspecified atom stereocenters. The molecule has 8 bridgehead atoms. The van der Waals surface area contributed by atoms with Crippen molar-refractivity contribution in [3.8, 4) is 0 Å². The van der Waals surface area contributed by atoms with Crippen molar-refractivity contribution in [1.82, 2.24) is 0 Å². The maximum atomic E-state index is 15.4. The second-order valence-corrected chi connectivity index (χ2v) is 44.7. The van der Waals surface area contributed by atoms with Crippen LogP contribution in [0.5, 0.6) is 0 Å². The fraction of sp³-hybridized carbons (Fsp3) is 0.734. The maximum absolute atomic E-state index is 15.4. The zero-order valence-electron chi connectivity index (χ0n) is 78.9. The number of nitrogens with zero attached hydrogens (tertiary/aromatic N) is 3. The SMILES string of the molecule is CCCC(C)(C(=O)OC1CC2CCC1(C)C2(C)C)C1C2CC(C3CC=CC32)C1CC(C)COCC1CO1.CCCCCCCCCCCCc1ccc(N2C(=O)C(C)C(CC(C)COCC3CO3)C2=O)cc1.Cc1ccc(N2C(=O)C(C)C(C3C4CC(CC4COCC4CO4)C3C3C(=O)N(c4ccccc4C)C(=O)C3C3C(C)C4CC3C3C=CCC34)C2=O)c(C)c1. The number of epoxide rings is 3. The van der Waals surface area contributed by atoms with Crippen LogP contribution in [0.2, 0.25) is 0 Å². The number of para-hydroxylation sites is 1. The Bertz CT molecular complexity index is 4460. The van der Waals surface area contributed by atoms with E-state index in [0.717, 1.165) is 113 Å². The number of amides is 6. The highest BCUT2D eigenvalue weighted by molar-refractivity contribution is 6.24. The number of imide groups is 3. The van der Waals surface area contributed by atoms with Gasteiger partial charge in [0.15, 0.2) is 0 Å². The molecule has 3 aromatic carbocycles. The lowest BCUT2D eigenvalue weighted by molar-refractivity contribution is -0.177. The third kappa shape index (κ3) is 17.6. The van der Waals surface area contributed by atoms with Crippen molar-refractivity contribution in [3.05, 3.63) is 113 Å². The summed E-state index contributed by atoms with van der Waals surface area (Å²) in [4.78, 5) is 105. The number of ether oxygens (including phenoxy) is 7. The van der Waals surface area contributed by atoms with Crippen molar-refractivity contribution in [1.29, 1.82) is 0 Å². The number of anilines is 3. The van der Waals surface area contributed by atoms with E-state index in [4.69, 9.17) is 33.2 Å². The molecule has 10 aliphatic carbocycles. The van der Waals surface area contributed by atoms with Crippen LogP contribution in [0.25, 0.3) is 0 Å². The first-order valence-corrected chi connectivity index (χ1v) is 50.6. The van der Waals surface area contributed by atoms with Crippen molar-refractivity contribution in [2.75, 3.05) is 74.2 Å². The Balaban J connectivity index is 0.000000138. The summed E-state index contributed by atoms with van der Waals surface area (Å²) in [5.41, 5.74) is 6.19. The lowest BCUT2D eigenvalue weighted by Gasteiger charge is -2.48. The summed E-state index contributed by atoms with van der Waals surface area (Å²) in [7, 11) is 0.